The highest BCUT2D eigenvalue weighted by molar-refractivity contribution is 6.31. The third kappa shape index (κ3) is 2.73. The Kier molecular flexibility index (Phi) is 3.35. The Bertz CT molecular complexity index is 845. The number of H-pyrrole nitrogens is 1. The van der Waals surface area contributed by atoms with Crippen LogP contribution < -0.4 is 5.32 Å². The van der Waals surface area contributed by atoms with Gasteiger partial charge >= 0.3 is 0 Å². The van der Waals surface area contributed by atoms with Crippen LogP contribution in [0.25, 0.3) is 10.9 Å². The molecule has 3 nitrogen and oxygen atoms in total. The van der Waals surface area contributed by atoms with Gasteiger partial charge < -0.3 is 10.3 Å². The molecular formula is C15H9ClF2N2O. The van der Waals surface area contributed by atoms with Crippen LogP contribution in [0.3, 0.4) is 0 Å². The summed E-state index contributed by atoms with van der Waals surface area (Å²) >= 11 is 5.87. The molecule has 1 aromatic heterocycles. The number of aromatic nitrogens is 1. The third-order valence-corrected chi connectivity index (χ3v) is 3.24. The molecule has 0 aliphatic rings. The minimum atomic E-state index is -1.02. The van der Waals surface area contributed by atoms with E-state index in [0.717, 1.165) is 23.0 Å². The summed E-state index contributed by atoms with van der Waals surface area (Å²) in [6.07, 6.45) is 0. The number of nitrogens with one attached hydrogen (secondary N) is 2. The maximum absolute atomic E-state index is 13.1. The standard InChI is InChI=1S/C15H9ClF2N2O/c16-9-2-1-8-5-14(20-13(8)6-9)15(21)19-10-3-4-11(17)12(18)7-10/h1-7,20H,(H,19,21). The number of carbonyl (C=O) groups excluding carboxylic acids is 1. The summed E-state index contributed by atoms with van der Waals surface area (Å²) in [4.78, 5) is 15.0. The van der Waals surface area contributed by atoms with Crippen molar-refractivity contribution in [2.45, 2.75) is 0 Å². The maximum atomic E-state index is 13.1. The third-order valence-electron chi connectivity index (χ3n) is 3.01. The van der Waals surface area contributed by atoms with Crippen LogP contribution in [0, 0.1) is 11.6 Å². The molecule has 3 aromatic rings. The number of anilines is 1. The van der Waals surface area contributed by atoms with Crippen molar-refractivity contribution in [3.05, 3.63) is 64.8 Å². The van der Waals surface area contributed by atoms with Crippen molar-refractivity contribution in [2.24, 2.45) is 0 Å². The number of hydrogen-bond acceptors (Lipinski definition) is 1. The summed E-state index contributed by atoms with van der Waals surface area (Å²) in [6.45, 7) is 0. The highest BCUT2D eigenvalue weighted by Crippen LogP contribution is 2.21. The number of amides is 1. The van der Waals surface area contributed by atoms with Gasteiger partial charge in [-0.05, 0) is 30.3 Å². The fourth-order valence-corrected chi connectivity index (χ4v) is 2.17. The lowest BCUT2D eigenvalue weighted by atomic mass is 10.2. The van der Waals surface area contributed by atoms with Crippen molar-refractivity contribution in [1.29, 1.82) is 0 Å². The summed E-state index contributed by atoms with van der Waals surface area (Å²) in [5.74, 6) is -2.43. The van der Waals surface area contributed by atoms with Gasteiger partial charge in [0.1, 0.15) is 5.69 Å². The Morgan fingerprint density at radius 2 is 1.86 bits per heavy atom. The fourth-order valence-electron chi connectivity index (χ4n) is 1.99. The van der Waals surface area contributed by atoms with Crippen molar-refractivity contribution in [3.8, 4) is 0 Å². The molecule has 0 spiro atoms. The molecule has 0 fully saturated rings. The number of rotatable bonds is 2. The topological polar surface area (TPSA) is 44.9 Å². The molecule has 0 atom stereocenters. The van der Waals surface area contributed by atoms with Crippen LogP contribution in [-0.4, -0.2) is 10.9 Å². The van der Waals surface area contributed by atoms with Gasteiger partial charge in [0.15, 0.2) is 11.6 Å². The second kappa shape index (κ2) is 5.18. The zero-order valence-corrected chi connectivity index (χ0v) is 11.3. The van der Waals surface area contributed by atoms with E-state index < -0.39 is 17.5 Å². The van der Waals surface area contributed by atoms with Gasteiger partial charge in [-0.15, -0.1) is 0 Å². The average molecular weight is 307 g/mol. The van der Waals surface area contributed by atoms with Gasteiger partial charge in [-0.2, -0.15) is 0 Å². The highest BCUT2D eigenvalue weighted by atomic mass is 35.5. The molecule has 6 heteroatoms. The van der Waals surface area contributed by atoms with Crippen LogP contribution in [0.5, 0.6) is 0 Å². The van der Waals surface area contributed by atoms with Crippen molar-refractivity contribution in [1.82, 2.24) is 4.98 Å². The summed E-state index contributed by atoms with van der Waals surface area (Å²) in [6, 6.07) is 10.0. The monoisotopic (exact) mass is 306 g/mol. The lowest BCUT2D eigenvalue weighted by Crippen LogP contribution is -2.12. The summed E-state index contributed by atoms with van der Waals surface area (Å²) < 4.78 is 25.9. The van der Waals surface area contributed by atoms with E-state index in [0.29, 0.717) is 10.7 Å². The molecule has 0 aliphatic carbocycles. The predicted molar refractivity (Wildman–Crippen MR) is 77.6 cm³/mol. The van der Waals surface area contributed by atoms with Crippen molar-refractivity contribution in [2.75, 3.05) is 5.32 Å². The molecule has 106 valence electrons. The van der Waals surface area contributed by atoms with Crippen LogP contribution in [0.1, 0.15) is 10.5 Å². The van der Waals surface area contributed by atoms with Gasteiger partial charge in [-0.1, -0.05) is 17.7 Å². The van der Waals surface area contributed by atoms with Crippen molar-refractivity contribution >= 4 is 34.1 Å². The molecule has 1 amide bonds. The first-order valence-electron chi connectivity index (χ1n) is 6.07. The number of carbonyl (C=O) groups is 1. The molecule has 0 radical (unpaired) electrons. The summed E-state index contributed by atoms with van der Waals surface area (Å²) in [5.41, 5.74) is 1.20. The molecular weight excluding hydrogens is 298 g/mol. The number of hydrogen-bond donors (Lipinski definition) is 2. The molecule has 0 bridgehead atoms. The van der Waals surface area contributed by atoms with E-state index in [-0.39, 0.29) is 5.69 Å². The number of benzene rings is 2. The second-order valence-electron chi connectivity index (χ2n) is 4.50. The summed E-state index contributed by atoms with van der Waals surface area (Å²) in [5, 5.41) is 3.87. The quantitative estimate of drug-likeness (QED) is 0.726. The zero-order chi connectivity index (χ0) is 15.0. The minimum absolute atomic E-state index is 0.176. The van der Waals surface area contributed by atoms with E-state index in [1.54, 1.807) is 24.3 Å². The number of fused-ring (bicyclic) bond motifs is 1. The molecule has 21 heavy (non-hydrogen) atoms. The zero-order valence-electron chi connectivity index (χ0n) is 10.6. The summed E-state index contributed by atoms with van der Waals surface area (Å²) in [7, 11) is 0. The first-order valence-corrected chi connectivity index (χ1v) is 6.45. The molecule has 0 saturated heterocycles. The fraction of sp³-hybridized carbons (Fsp3) is 0. The lowest BCUT2D eigenvalue weighted by Gasteiger charge is -2.03. The van der Waals surface area contributed by atoms with Crippen molar-refractivity contribution < 1.29 is 13.6 Å². The molecule has 2 N–H and O–H groups in total. The van der Waals surface area contributed by atoms with Crippen molar-refractivity contribution in [3.63, 3.8) is 0 Å². The number of aromatic amines is 1. The molecule has 0 saturated carbocycles. The van der Waals surface area contributed by atoms with E-state index in [4.69, 9.17) is 11.6 Å². The smallest absolute Gasteiger partial charge is 0.272 e. The van der Waals surface area contributed by atoms with E-state index in [9.17, 15) is 13.6 Å². The van der Waals surface area contributed by atoms with Gasteiger partial charge in [0.2, 0.25) is 0 Å². The molecule has 1 heterocycles. The largest absolute Gasteiger partial charge is 0.350 e. The van der Waals surface area contributed by atoms with Gasteiger partial charge in [-0.3, -0.25) is 4.79 Å². The van der Waals surface area contributed by atoms with Crippen LogP contribution in [-0.2, 0) is 0 Å². The Morgan fingerprint density at radius 3 is 2.62 bits per heavy atom. The van der Waals surface area contributed by atoms with E-state index in [2.05, 4.69) is 10.3 Å². The minimum Gasteiger partial charge on any atom is -0.350 e. The first kappa shape index (κ1) is 13.6. The molecule has 0 aliphatic heterocycles. The van der Waals surface area contributed by atoms with Crippen LogP contribution in [0.4, 0.5) is 14.5 Å². The van der Waals surface area contributed by atoms with Crippen LogP contribution >= 0.6 is 11.6 Å². The van der Waals surface area contributed by atoms with Gasteiger partial charge in [0, 0.05) is 27.7 Å². The van der Waals surface area contributed by atoms with Crippen LogP contribution in [0.15, 0.2) is 42.5 Å². The molecule has 3 rings (SSSR count). The Balaban J connectivity index is 1.87. The average Bonchev–Trinajstić information content (AvgIpc) is 2.86. The normalized spacial score (nSPS) is 10.8. The predicted octanol–water partition coefficient (Wildman–Crippen LogP) is 4.35. The molecule has 0 unspecified atom stereocenters. The highest BCUT2D eigenvalue weighted by Gasteiger charge is 2.11. The first-order chi connectivity index (χ1) is 10.0. The van der Waals surface area contributed by atoms with Gasteiger partial charge in [0.05, 0.1) is 0 Å². The van der Waals surface area contributed by atoms with Gasteiger partial charge in [-0.25, -0.2) is 8.78 Å². The van der Waals surface area contributed by atoms with E-state index >= 15 is 0 Å². The molecule has 2 aromatic carbocycles. The van der Waals surface area contributed by atoms with Gasteiger partial charge in [0.25, 0.3) is 5.91 Å². The number of halogens is 3. The van der Waals surface area contributed by atoms with E-state index in [1.165, 1.54) is 6.07 Å². The van der Waals surface area contributed by atoms with E-state index in [1.807, 2.05) is 0 Å². The SMILES string of the molecule is O=C(Nc1ccc(F)c(F)c1)c1cc2ccc(Cl)cc2[nH]1. The Labute approximate surface area is 123 Å². The Morgan fingerprint density at radius 1 is 1.05 bits per heavy atom. The lowest BCUT2D eigenvalue weighted by molar-refractivity contribution is 0.102. The Hall–Kier alpha value is -2.40. The second-order valence-corrected chi connectivity index (χ2v) is 4.93. The van der Waals surface area contributed by atoms with Crippen LogP contribution in [0.2, 0.25) is 5.02 Å². The maximum Gasteiger partial charge on any atom is 0.272 e.